The van der Waals surface area contributed by atoms with Crippen molar-refractivity contribution in [3.05, 3.63) is 64.1 Å². The number of amides is 1. The van der Waals surface area contributed by atoms with Gasteiger partial charge in [-0.25, -0.2) is 4.68 Å². The van der Waals surface area contributed by atoms with Crippen LogP contribution in [-0.4, -0.2) is 29.2 Å². The fourth-order valence-corrected chi connectivity index (χ4v) is 2.59. The Hall–Kier alpha value is -2.60. The Labute approximate surface area is 163 Å². The van der Waals surface area contributed by atoms with E-state index in [2.05, 4.69) is 10.4 Å². The SMILES string of the molecule is CCNC(=O)c1c(OCc2ccccc2)c(=O)ccn1/N=C/CCCCCl. The fourth-order valence-electron chi connectivity index (χ4n) is 2.40. The Bertz CT molecular complexity index is 819. The minimum Gasteiger partial charge on any atom is -0.482 e. The van der Waals surface area contributed by atoms with Crippen LogP contribution in [-0.2, 0) is 6.61 Å². The maximum absolute atomic E-state index is 12.5. The molecule has 7 heteroatoms. The number of carbonyl (C=O) groups excluding carboxylic acids is 1. The number of nitrogens with one attached hydrogen (secondary N) is 1. The summed E-state index contributed by atoms with van der Waals surface area (Å²) in [5.41, 5.74) is 0.633. The summed E-state index contributed by atoms with van der Waals surface area (Å²) in [5.74, 6) is 0.189. The van der Waals surface area contributed by atoms with E-state index in [1.165, 1.54) is 16.9 Å². The number of nitrogens with zero attached hydrogens (tertiary/aromatic N) is 2. The zero-order chi connectivity index (χ0) is 19.5. The Morgan fingerprint density at radius 1 is 1.26 bits per heavy atom. The van der Waals surface area contributed by atoms with Crippen LogP contribution >= 0.6 is 11.6 Å². The van der Waals surface area contributed by atoms with Crippen LogP contribution in [0.1, 0.15) is 42.2 Å². The van der Waals surface area contributed by atoms with Crippen LogP contribution in [0, 0.1) is 0 Å². The largest absolute Gasteiger partial charge is 0.482 e. The first-order valence-electron chi connectivity index (χ1n) is 8.96. The van der Waals surface area contributed by atoms with Crippen LogP contribution in [0.2, 0.25) is 0 Å². The minimum absolute atomic E-state index is 0.00906. The summed E-state index contributed by atoms with van der Waals surface area (Å²) in [6, 6.07) is 10.8. The van der Waals surface area contributed by atoms with Crippen molar-refractivity contribution < 1.29 is 9.53 Å². The van der Waals surface area contributed by atoms with Gasteiger partial charge in [-0.05, 0) is 31.7 Å². The highest BCUT2D eigenvalue weighted by atomic mass is 35.5. The van der Waals surface area contributed by atoms with Crippen molar-refractivity contribution in [3.63, 3.8) is 0 Å². The molecule has 1 aromatic carbocycles. The summed E-state index contributed by atoms with van der Waals surface area (Å²) in [5, 5.41) is 7.02. The van der Waals surface area contributed by atoms with Crippen LogP contribution < -0.4 is 15.5 Å². The summed E-state index contributed by atoms with van der Waals surface area (Å²) in [4.78, 5) is 24.9. The van der Waals surface area contributed by atoms with Crippen LogP contribution in [0.5, 0.6) is 5.75 Å². The van der Waals surface area contributed by atoms with Crippen molar-refractivity contribution in [1.82, 2.24) is 9.99 Å². The highest BCUT2D eigenvalue weighted by Gasteiger charge is 2.20. The zero-order valence-corrected chi connectivity index (χ0v) is 16.1. The first-order valence-corrected chi connectivity index (χ1v) is 9.50. The third kappa shape index (κ3) is 6.25. The lowest BCUT2D eigenvalue weighted by Gasteiger charge is -2.14. The Morgan fingerprint density at radius 2 is 2.04 bits per heavy atom. The van der Waals surface area contributed by atoms with Gasteiger partial charge in [0.2, 0.25) is 5.43 Å². The number of carbonyl (C=O) groups is 1. The van der Waals surface area contributed by atoms with E-state index in [1.807, 2.05) is 37.3 Å². The molecule has 1 amide bonds. The number of aromatic nitrogens is 1. The van der Waals surface area contributed by atoms with Crippen molar-refractivity contribution in [2.24, 2.45) is 5.10 Å². The average molecular weight is 390 g/mol. The molecule has 0 spiro atoms. The van der Waals surface area contributed by atoms with Crippen LogP contribution in [0.3, 0.4) is 0 Å². The molecule has 0 radical (unpaired) electrons. The van der Waals surface area contributed by atoms with E-state index in [-0.39, 0.29) is 23.5 Å². The predicted molar refractivity (Wildman–Crippen MR) is 108 cm³/mol. The molecule has 1 aromatic heterocycles. The summed E-state index contributed by atoms with van der Waals surface area (Å²) in [6.07, 6.45) is 5.71. The topological polar surface area (TPSA) is 72.7 Å². The molecule has 0 aliphatic heterocycles. The molecular weight excluding hydrogens is 366 g/mol. The van der Waals surface area contributed by atoms with Gasteiger partial charge in [-0.15, -0.1) is 11.6 Å². The summed E-state index contributed by atoms with van der Waals surface area (Å²) in [7, 11) is 0. The molecule has 0 aliphatic carbocycles. The van der Waals surface area contributed by atoms with Crippen LogP contribution in [0.15, 0.2) is 52.5 Å². The van der Waals surface area contributed by atoms with Crippen molar-refractivity contribution >= 4 is 23.7 Å². The number of ether oxygens (including phenoxy) is 1. The van der Waals surface area contributed by atoms with Gasteiger partial charge in [0.25, 0.3) is 5.91 Å². The molecule has 2 aromatic rings. The standard InChI is InChI=1S/C20H24ClN3O3/c1-2-22-20(26)18-19(27-15-16-9-5-3-6-10-16)17(25)11-14-24(18)23-13-8-4-7-12-21/h3,5-6,9-11,13-14H,2,4,7-8,12,15H2,1H3,(H,22,26)/b23-13+. The van der Waals surface area contributed by atoms with Crippen molar-refractivity contribution in [2.75, 3.05) is 12.4 Å². The van der Waals surface area contributed by atoms with Gasteiger partial charge in [0.1, 0.15) is 6.61 Å². The number of alkyl halides is 1. The highest BCUT2D eigenvalue weighted by Crippen LogP contribution is 2.15. The molecule has 0 bridgehead atoms. The average Bonchev–Trinajstić information content (AvgIpc) is 2.68. The number of halogens is 1. The minimum atomic E-state index is -0.406. The van der Waals surface area contributed by atoms with E-state index in [1.54, 1.807) is 6.21 Å². The molecule has 144 valence electrons. The quantitative estimate of drug-likeness (QED) is 0.384. The molecule has 2 rings (SSSR count). The molecule has 0 atom stereocenters. The van der Waals surface area contributed by atoms with E-state index in [9.17, 15) is 9.59 Å². The Balaban J connectivity index is 2.30. The monoisotopic (exact) mass is 389 g/mol. The van der Waals surface area contributed by atoms with Gasteiger partial charge in [-0.1, -0.05) is 30.3 Å². The third-order valence-electron chi connectivity index (χ3n) is 3.74. The van der Waals surface area contributed by atoms with E-state index >= 15 is 0 Å². The molecule has 1 heterocycles. The van der Waals surface area contributed by atoms with Gasteiger partial charge >= 0.3 is 0 Å². The van der Waals surface area contributed by atoms with Gasteiger partial charge in [0.05, 0.1) is 0 Å². The van der Waals surface area contributed by atoms with Crippen LogP contribution in [0.4, 0.5) is 0 Å². The van der Waals surface area contributed by atoms with E-state index in [0.717, 1.165) is 24.8 Å². The third-order valence-corrected chi connectivity index (χ3v) is 4.00. The normalized spacial score (nSPS) is 10.9. The van der Waals surface area contributed by atoms with E-state index in [0.29, 0.717) is 12.4 Å². The smallest absolute Gasteiger partial charge is 0.273 e. The Kier molecular flexibility index (Phi) is 8.58. The molecule has 0 unspecified atom stereocenters. The number of pyridine rings is 1. The first-order chi connectivity index (χ1) is 13.2. The number of hydrogen-bond acceptors (Lipinski definition) is 4. The second-order valence-corrected chi connectivity index (χ2v) is 6.20. The molecule has 0 saturated heterocycles. The molecule has 0 fully saturated rings. The molecule has 6 nitrogen and oxygen atoms in total. The second-order valence-electron chi connectivity index (χ2n) is 5.82. The number of hydrogen-bond donors (Lipinski definition) is 1. The summed E-state index contributed by atoms with van der Waals surface area (Å²) < 4.78 is 7.10. The summed E-state index contributed by atoms with van der Waals surface area (Å²) >= 11 is 5.67. The predicted octanol–water partition coefficient (Wildman–Crippen LogP) is 3.42. The zero-order valence-electron chi connectivity index (χ0n) is 15.4. The van der Waals surface area contributed by atoms with Crippen molar-refractivity contribution in [2.45, 2.75) is 32.8 Å². The lowest BCUT2D eigenvalue weighted by Crippen LogP contribution is -2.29. The van der Waals surface area contributed by atoms with Crippen molar-refractivity contribution in [1.29, 1.82) is 0 Å². The highest BCUT2D eigenvalue weighted by molar-refractivity contribution is 6.17. The van der Waals surface area contributed by atoms with Gasteiger partial charge in [-0.2, -0.15) is 5.10 Å². The van der Waals surface area contributed by atoms with Gasteiger partial charge in [0.15, 0.2) is 11.4 Å². The fraction of sp³-hybridized carbons (Fsp3) is 0.350. The number of unbranched alkanes of at least 4 members (excludes halogenated alkanes) is 2. The number of rotatable bonds is 10. The van der Waals surface area contributed by atoms with Crippen molar-refractivity contribution in [3.8, 4) is 5.75 Å². The van der Waals surface area contributed by atoms with Gasteiger partial charge < -0.3 is 10.1 Å². The first kappa shape index (κ1) is 20.7. The summed E-state index contributed by atoms with van der Waals surface area (Å²) in [6.45, 7) is 2.43. The maximum atomic E-state index is 12.5. The van der Waals surface area contributed by atoms with E-state index in [4.69, 9.17) is 16.3 Å². The lowest BCUT2D eigenvalue weighted by atomic mass is 10.2. The molecular formula is C20H24ClN3O3. The van der Waals surface area contributed by atoms with Crippen LogP contribution in [0.25, 0.3) is 0 Å². The second kappa shape index (κ2) is 11.2. The number of benzene rings is 1. The van der Waals surface area contributed by atoms with E-state index < -0.39 is 5.91 Å². The molecule has 0 saturated carbocycles. The molecule has 0 aliphatic rings. The van der Waals surface area contributed by atoms with Gasteiger partial charge in [-0.3, -0.25) is 9.59 Å². The Morgan fingerprint density at radius 3 is 2.74 bits per heavy atom. The van der Waals surface area contributed by atoms with Gasteiger partial charge in [0, 0.05) is 30.9 Å². The lowest BCUT2D eigenvalue weighted by molar-refractivity contribution is 0.0941. The molecule has 27 heavy (non-hydrogen) atoms. The molecule has 1 N–H and O–H groups in total. The maximum Gasteiger partial charge on any atom is 0.273 e.